The Bertz CT molecular complexity index is 466. The molecule has 2 aliphatic rings. The Labute approximate surface area is 195 Å². The van der Waals surface area contributed by atoms with Crippen LogP contribution in [0.1, 0.15) is 137 Å². The van der Waals surface area contributed by atoms with Gasteiger partial charge in [0.05, 0.1) is 5.41 Å². The molecule has 184 valence electrons. The average molecular weight is 438 g/mol. The van der Waals surface area contributed by atoms with Gasteiger partial charge in [-0.2, -0.15) is 0 Å². The summed E-state index contributed by atoms with van der Waals surface area (Å²) in [5.41, 5.74) is 0.00337. The smallest absolute Gasteiger partial charge is 0.311 e. The molecule has 3 nitrogen and oxygen atoms in total. The van der Waals surface area contributed by atoms with Gasteiger partial charge in [0.15, 0.2) is 0 Å². The van der Waals surface area contributed by atoms with Crippen LogP contribution in [-0.4, -0.2) is 37.1 Å². The molecule has 0 amide bonds. The average Bonchev–Trinajstić information content (AvgIpc) is 2.95. The van der Waals surface area contributed by atoms with Crippen molar-refractivity contribution < 1.29 is 9.53 Å². The number of nitrogens with zero attached hydrogens (tertiary/aromatic N) is 1. The Hall–Kier alpha value is -0.570. The summed E-state index contributed by atoms with van der Waals surface area (Å²) in [5, 5.41) is 0. The lowest BCUT2D eigenvalue weighted by molar-refractivity contribution is -0.148. The Morgan fingerprint density at radius 1 is 0.903 bits per heavy atom. The largest absolute Gasteiger partial charge is 0.462 e. The second-order valence-corrected chi connectivity index (χ2v) is 11.8. The lowest BCUT2D eigenvalue weighted by atomic mass is 9.79. The van der Waals surface area contributed by atoms with E-state index in [4.69, 9.17) is 4.74 Å². The summed E-state index contributed by atoms with van der Waals surface area (Å²) < 4.78 is 5.57. The first-order chi connectivity index (χ1) is 14.7. The quantitative estimate of drug-likeness (QED) is 0.215. The van der Waals surface area contributed by atoms with E-state index in [9.17, 15) is 4.79 Å². The maximum Gasteiger partial charge on any atom is 0.311 e. The van der Waals surface area contributed by atoms with Crippen molar-refractivity contribution in [3.63, 3.8) is 0 Å². The van der Waals surface area contributed by atoms with Gasteiger partial charge in [-0.25, -0.2) is 0 Å². The summed E-state index contributed by atoms with van der Waals surface area (Å²) in [4.78, 5) is 14.2. The molecule has 1 unspecified atom stereocenters. The van der Waals surface area contributed by atoms with Crippen LogP contribution in [-0.2, 0) is 9.53 Å². The first kappa shape index (κ1) is 28.5. The number of rotatable bonds is 13. The predicted octanol–water partition coefficient (Wildman–Crippen LogP) is 8.16. The molecule has 1 atom stereocenters. The molecular weight excluding hydrogens is 382 g/mol. The van der Waals surface area contributed by atoms with Crippen molar-refractivity contribution in [3.8, 4) is 0 Å². The maximum atomic E-state index is 11.8. The summed E-state index contributed by atoms with van der Waals surface area (Å²) in [6.45, 7) is 13.6. The zero-order valence-corrected chi connectivity index (χ0v) is 22.1. The van der Waals surface area contributed by atoms with Gasteiger partial charge in [-0.15, -0.1) is 0 Å². The zero-order chi connectivity index (χ0) is 23.2. The van der Waals surface area contributed by atoms with Crippen LogP contribution in [0.2, 0.25) is 0 Å². The SMILES string of the molecule is CCCCCCCCCCCCC(C)(C)CC1CC(C)(C)C(=O)O1.CN1CCCCC1. The molecule has 0 saturated carbocycles. The van der Waals surface area contributed by atoms with Gasteiger partial charge >= 0.3 is 5.97 Å². The monoisotopic (exact) mass is 437 g/mol. The molecule has 0 aromatic carbocycles. The van der Waals surface area contributed by atoms with E-state index in [0.29, 0.717) is 0 Å². The number of carbonyl (C=O) groups excluding carboxylic acids is 1. The summed E-state index contributed by atoms with van der Waals surface area (Å²) in [7, 11) is 2.19. The van der Waals surface area contributed by atoms with Crippen molar-refractivity contribution >= 4 is 5.97 Å². The van der Waals surface area contributed by atoms with Crippen LogP contribution in [0, 0.1) is 10.8 Å². The Morgan fingerprint density at radius 2 is 1.42 bits per heavy atom. The van der Waals surface area contributed by atoms with Gasteiger partial charge in [-0.3, -0.25) is 4.79 Å². The number of ether oxygens (including phenoxy) is 1. The normalized spacial score (nSPS) is 21.5. The third-order valence-corrected chi connectivity index (χ3v) is 7.13. The number of carbonyl (C=O) groups is 1. The van der Waals surface area contributed by atoms with Gasteiger partial charge in [0.1, 0.15) is 6.10 Å². The summed E-state index contributed by atoms with van der Waals surface area (Å²) in [5.74, 6) is -0.0118. The minimum absolute atomic E-state index is 0.0118. The van der Waals surface area contributed by atoms with Crippen molar-refractivity contribution in [1.29, 1.82) is 0 Å². The van der Waals surface area contributed by atoms with Gasteiger partial charge in [0, 0.05) is 0 Å². The summed E-state index contributed by atoms with van der Waals surface area (Å²) in [6.07, 6.45) is 21.4. The lowest BCUT2D eigenvalue weighted by Crippen LogP contribution is -2.24. The van der Waals surface area contributed by atoms with Gasteiger partial charge < -0.3 is 9.64 Å². The van der Waals surface area contributed by atoms with Crippen molar-refractivity contribution in [2.75, 3.05) is 20.1 Å². The van der Waals surface area contributed by atoms with Crippen LogP contribution in [0.25, 0.3) is 0 Å². The van der Waals surface area contributed by atoms with Crippen molar-refractivity contribution in [2.24, 2.45) is 10.8 Å². The first-order valence-corrected chi connectivity index (χ1v) is 13.6. The maximum absolute atomic E-state index is 11.8. The Morgan fingerprint density at radius 3 is 1.84 bits per heavy atom. The van der Waals surface area contributed by atoms with E-state index >= 15 is 0 Å². The number of likely N-dealkylation sites (tertiary alicyclic amines) is 1. The van der Waals surface area contributed by atoms with Crippen LogP contribution >= 0.6 is 0 Å². The van der Waals surface area contributed by atoms with Crippen LogP contribution < -0.4 is 0 Å². The second-order valence-electron chi connectivity index (χ2n) is 11.8. The summed E-state index contributed by atoms with van der Waals surface area (Å²) >= 11 is 0. The van der Waals surface area contributed by atoms with Crippen LogP contribution in [0.5, 0.6) is 0 Å². The highest BCUT2D eigenvalue weighted by Gasteiger charge is 2.42. The van der Waals surface area contributed by atoms with E-state index < -0.39 is 0 Å². The van der Waals surface area contributed by atoms with E-state index in [0.717, 1.165) is 12.8 Å². The van der Waals surface area contributed by atoms with Gasteiger partial charge in [-0.05, 0) is 71.5 Å². The van der Waals surface area contributed by atoms with Crippen molar-refractivity contribution in [1.82, 2.24) is 4.90 Å². The first-order valence-electron chi connectivity index (χ1n) is 13.6. The molecule has 3 heteroatoms. The Kier molecular flexibility index (Phi) is 14.0. The van der Waals surface area contributed by atoms with E-state index in [1.807, 2.05) is 13.8 Å². The molecule has 0 radical (unpaired) electrons. The second kappa shape index (κ2) is 15.3. The van der Waals surface area contributed by atoms with Crippen LogP contribution in [0.4, 0.5) is 0 Å². The van der Waals surface area contributed by atoms with Gasteiger partial charge in [0.25, 0.3) is 0 Å². The fourth-order valence-corrected chi connectivity index (χ4v) is 4.98. The third kappa shape index (κ3) is 13.5. The van der Waals surface area contributed by atoms with E-state index in [1.54, 1.807) is 0 Å². The zero-order valence-electron chi connectivity index (χ0n) is 22.1. The molecule has 31 heavy (non-hydrogen) atoms. The molecule has 0 N–H and O–H groups in total. The molecule has 2 saturated heterocycles. The third-order valence-electron chi connectivity index (χ3n) is 7.13. The number of hydrogen-bond acceptors (Lipinski definition) is 3. The van der Waals surface area contributed by atoms with E-state index in [2.05, 4.69) is 32.7 Å². The standard InChI is InChI=1S/C22H42O2.C6H13N/c1-6-7-8-9-10-11-12-13-14-15-16-21(2,3)17-19-18-22(4,5)20(23)24-19;1-7-5-3-2-4-6-7/h19H,6-18H2,1-5H3;2-6H2,1H3. The number of esters is 1. The van der Waals surface area contributed by atoms with Crippen molar-refractivity contribution in [3.05, 3.63) is 0 Å². The molecule has 0 bridgehead atoms. The number of piperidine rings is 1. The number of cyclic esters (lactones) is 1. The number of unbranched alkanes of at least 4 members (excludes halogenated alkanes) is 9. The fraction of sp³-hybridized carbons (Fsp3) is 0.964. The predicted molar refractivity (Wildman–Crippen MR) is 134 cm³/mol. The summed E-state index contributed by atoms with van der Waals surface area (Å²) in [6, 6.07) is 0. The highest BCUT2D eigenvalue weighted by atomic mass is 16.6. The van der Waals surface area contributed by atoms with E-state index in [-0.39, 0.29) is 22.9 Å². The van der Waals surface area contributed by atoms with Crippen LogP contribution in [0.15, 0.2) is 0 Å². The van der Waals surface area contributed by atoms with Crippen molar-refractivity contribution in [2.45, 2.75) is 143 Å². The molecule has 0 aliphatic carbocycles. The molecular formula is C28H55NO2. The topological polar surface area (TPSA) is 29.5 Å². The highest BCUT2D eigenvalue weighted by Crippen LogP contribution is 2.39. The van der Waals surface area contributed by atoms with Gasteiger partial charge in [-0.1, -0.05) is 91.4 Å². The van der Waals surface area contributed by atoms with E-state index in [1.165, 1.54) is 103 Å². The molecule has 0 spiro atoms. The lowest BCUT2D eigenvalue weighted by Gasteiger charge is -2.27. The molecule has 0 aromatic heterocycles. The molecule has 2 rings (SSSR count). The number of hydrogen-bond donors (Lipinski definition) is 0. The van der Waals surface area contributed by atoms with Crippen LogP contribution in [0.3, 0.4) is 0 Å². The fourth-order valence-electron chi connectivity index (χ4n) is 4.98. The van der Waals surface area contributed by atoms with Gasteiger partial charge in [0.2, 0.25) is 0 Å². The minimum Gasteiger partial charge on any atom is -0.462 e. The Balaban J connectivity index is 0.000000577. The molecule has 2 aliphatic heterocycles. The highest BCUT2D eigenvalue weighted by molar-refractivity contribution is 5.78. The molecule has 2 heterocycles. The molecule has 2 fully saturated rings. The molecule has 0 aromatic rings. The minimum atomic E-state index is -0.280.